The molecule has 0 bridgehead atoms. The highest BCUT2D eigenvalue weighted by atomic mass is 79.9. The third kappa shape index (κ3) is 4.76. The molecule has 0 atom stereocenters. The predicted octanol–water partition coefficient (Wildman–Crippen LogP) is 4.00. The summed E-state index contributed by atoms with van der Waals surface area (Å²) in [4.78, 5) is 11.3. The molecule has 0 aliphatic rings. The van der Waals surface area contributed by atoms with Crippen LogP contribution in [0, 0.1) is 0 Å². The standard InChI is InChI=1S/C16H16BrClN2O/c1-19-16(21)8-11-2-6-14(7-3-11)20-10-12-4-5-13(18)9-15(12)17/h2-7,9,20H,8,10H2,1H3,(H,19,21). The number of carbonyl (C=O) groups is 1. The van der Waals surface area contributed by atoms with Gasteiger partial charge in [0.05, 0.1) is 6.42 Å². The molecule has 2 aromatic rings. The highest BCUT2D eigenvalue weighted by molar-refractivity contribution is 9.10. The van der Waals surface area contributed by atoms with Crippen molar-refractivity contribution in [2.24, 2.45) is 0 Å². The van der Waals surface area contributed by atoms with Crippen molar-refractivity contribution >= 4 is 39.1 Å². The monoisotopic (exact) mass is 366 g/mol. The van der Waals surface area contributed by atoms with Crippen molar-refractivity contribution in [3.05, 3.63) is 63.1 Å². The Kier molecular flexibility index (Phi) is 5.65. The second kappa shape index (κ2) is 7.48. The smallest absolute Gasteiger partial charge is 0.224 e. The average Bonchev–Trinajstić information content (AvgIpc) is 2.48. The minimum absolute atomic E-state index is 0.0146. The topological polar surface area (TPSA) is 41.1 Å². The van der Waals surface area contributed by atoms with Crippen molar-refractivity contribution < 1.29 is 4.79 Å². The van der Waals surface area contributed by atoms with Crippen molar-refractivity contribution in [3.8, 4) is 0 Å². The number of anilines is 1. The van der Waals surface area contributed by atoms with E-state index < -0.39 is 0 Å². The Balaban J connectivity index is 1.96. The number of hydrogen-bond donors (Lipinski definition) is 2. The number of likely N-dealkylation sites (N-methyl/N-ethyl adjacent to an activating group) is 1. The summed E-state index contributed by atoms with van der Waals surface area (Å²) < 4.78 is 0.985. The molecule has 0 heterocycles. The summed E-state index contributed by atoms with van der Waals surface area (Å²) in [5, 5.41) is 6.67. The van der Waals surface area contributed by atoms with E-state index in [9.17, 15) is 4.79 Å². The van der Waals surface area contributed by atoms with Gasteiger partial charge in [-0.05, 0) is 35.4 Å². The van der Waals surface area contributed by atoms with Crippen LogP contribution in [0.15, 0.2) is 46.9 Å². The van der Waals surface area contributed by atoms with E-state index in [1.54, 1.807) is 7.05 Å². The molecular formula is C16H16BrClN2O. The maximum atomic E-state index is 11.3. The number of halogens is 2. The zero-order chi connectivity index (χ0) is 15.2. The number of carbonyl (C=O) groups excluding carboxylic acids is 1. The molecule has 0 saturated carbocycles. The molecule has 0 aromatic heterocycles. The molecule has 0 aliphatic carbocycles. The predicted molar refractivity (Wildman–Crippen MR) is 90.7 cm³/mol. The summed E-state index contributed by atoms with van der Waals surface area (Å²) in [5.41, 5.74) is 3.14. The highest BCUT2D eigenvalue weighted by Crippen LogP contribution is 2.22. The molecule has 0 spiro atoms. The Morgan fingerprint density at radius 2 is 1.90 bits per heavy atom. The summed E-state index contributed by atoms with van der Waals surface area (Å²) in [7, 11) is 1.64. The third-order valence-corrected chi connectivity index (χ3v) is 4.07. The van der Waals surface area contributed by atoms with Gasteiger partial charge in [-0.25, -0.2) is 0 Å². The average molecular weight is 368 g/mol. The number of hydrogen-bond acceptors (Lipinski definition) is 2. The molecule has 1 amide bonds. The fraction of sp³-hybridized carbons (Fsp3) is 0.188. The van der Waals surface area contributed by atoms with E-state index in [2.05, 4.69) is 26.6 Å². The van der Waals surface area contributed by atoms with Crippen LogP contribution in [0.4, 0.5) is 5.69 Å². The lowest BCUT2D eigenvalue weighted by molar-refractivity contribution is -0.119. The number of nitrogens with one attached hydrogen (secondary N) is 2. The molecule has 3 nitrogen and oxygen atoms in total. The molecule has 0 aliphatic heterocycles. The van der Waals surface area contributed by atoms with Crippen LogP contribution in [-0.4, -0.2) is 13.0 Å². The Hall–Kier alpha value is -1.52. The molecule has 0 unspecified atom stereocenters. The lowest BCUT2D eigenvalue weighted by atomic mass is 10.1. The van der Waals surface area contributed by atoms with Crippen LogP contribution in [0.1, 0.15) is 11.1 Å². The van der Waals surface area contributed by atoms with Crippen molar-refractivity contribution in [1.82, 2.24) is 5.32 Å². The van der Waals surface area contributed by atoms with Gasteiger partial charge in [0.25, 0.3) is 0 Å². The number of rotatable bonds is 5. The molecule has 0 fully saturated rings. The van der Waals surface area contributed by atoms with E-state index in [1.165, 1.54) is 0 Å². The van der Waals surface area contributed by atoms with Gasteiger partial charge in [0.2, 0.25) is 5.91 Å². The van der Waals surface area contributed by atoms with Crippen molar-refractivity contribution in [2.45, 2.75) is 13.0 Å². The van der Waals surface area contributed by atoms with E-state index in [-0.39, 0.29) is 5.91 Å². The van der Waals surface area contributed by atoms with Gasteiger partial charge < -0.3 is 10.6 Å². The molecule has 21 heavy (non-hydrogen) atoms. The highest BCUT2D eigenvalue weighted by Gasteiger charge is 2.03. The Morgan fingerprint density at radius 1 is 1.19 bits per heavy atom. The van der Waals surface area contributed by atoms with Gasteiger partial charge in [0.1, 0.15) is 0 Å². The van der Waals surface area contributed by atoms with Crippen molar-refractivity contribution in [3.63, 3.8) is 0 Å². The molecule has 110 valence electrons. The van der Waals surface area contributed by atoms with Crippen LogP contribution in [0.2, 0.25) is 5.02 Å². The van der Waals surface area contributed by atoms with Gasteiger partial charge in [0, 0.05) is 28.8 Å². The van der Waals surface area contributed by atoms with Crippen molar-refractivity contribution in [1.29, 1.82) is 0 Å². The van der Waals surface area contributed by atoms with Crippen LogP contribution in [0.3, 0.4) is 0 Å². The molecular weight excluding hydrogens is 352 g/mol. The van der Waals surface area contributed by atoms with Crippen LogP contribution in [0.5, 0.6) is 0 Å². The van der Waals surface area contributed by atoms with E-state index >= 15 is 0 Å². The van der Waals surface area contributed by atoms with E-state index in [1.807, 2.05) is 42.5 Å². The second-order valence-corrected chi connectivity index (χ2v) is 5.93. The minimum atomic E-state index is 0.0146. The summed E-state index contributed by atoms with van der Waals surface area (Å²) in [6, 6.07) is 13.6. The SMILES string of the molecule is CNC(=O)Cc1ccc(NCc2ccc(Cl)cc2Br)cc1. The van der Waals surface area contributed by atoms with Gasteiger partial charge >= 0.3 is 0 Å². The van der Waals surface area contributed by atoms with Gasteiger partial charge in [0.15, 0.2) is 0 Å². The Labute approximate surface area is 137 Å². The summed E-state index contributed by atoms with van der Waals surface area (Å²) in [5.74, 6) is 0.0146. The third-order valence-electron chi connectivity index (χ3n) is 3.10. The Bertz CT molecular complexity index is 629. The first-order valence-corrected chi connectivity index (χ1v) is 7.73. The summed E-state index contributed by atoms with van der Waals surface area (Å²) in [6.45, 7) is 0.701. The van der Waals surface area contributed by atoms with Crippen LogP contribution in [0.25, 0.3) is 0 Å². The van der Waals surface area contributed by atoms with Crippen LogP contribution >= 0.6 is 27.5 Å². The van der Waals surface area contributed by atoms with Gasteiger partial charge in [-0.1, -0.05) is 45.7 Å². The first-order valence-electron chi connectivity index (χ1n) is 6.56. The molecule has 2 rings (SSSR count). The fourth-order valence-electron chi connectivity index (χ4n) is 1.88. The molecule has 5 heteroatoms. The number of amides is 1. The Morgan fingerprint density at radius 3 is 2.52 bits per heavy atom. The van der Waals surface area contributed by atoms with Crippen LogP contribution < -0.4 is 10.6 Å². The zero-order valence-electron chi connectivity index (χ0n) is 11.6. The minimum Gasteiger partial charge on any atom is -0.381 e. The lowest BCUT2D eigenvalue weighted by Crippen LogP contribution is -2.19. The van der Waals surface area contributed by atoms with E-state index in [4.69, 9.17) is 11.6 Å². The van der Waals surface area contributed by atoms with Crippen molar-refractivity contribution in [2.75, 3.05) is 12.4 Å². The number of benzene rings is 2. The normalized spacial score (nSPS) is 10.2. The van der Waals surface area contributed by atoms with E-state index in [0.29, 0.717) is 18.0 Å². The fourth-order valence-corrected chi connectivity index (χ4v) is 2.70. The quantitative estimate of drug-likeness (QED) is 0.838. The van der Waals surface area contributed by atoms with Crippen LogP contribution in [-0.2, 0) is 17.8 Å². The van der Waals surface area contributed by atoms with Gasteiger partial charge in [-0.2, -0.15) is 0 Å². The molecule has 0 saturated heterocycles. The second-order valence-electron chi connectivity index (χ2n) is 4.64. The molecule has 2 aromatic carbocycles. The van der Waals surface area contributed by atoms with Gasteiger partial charge in [-0.15, -0.1) is 0 Å². The summed E-state index contributed by atoms with van der Waals surface area (Å²) >= 11 is 9.42. The summed E-state index contributed by atoms with van der Waals surface area (Å²) in [6.07, 6.45) is 0.402. The largest absolute Gasteiger partial charge is 0.381 e. The van der Waals surface area contributed by atoms with Gasteiger partial charge in [-0.3, -0.25) is 4.79 Å². The first-order chi connectivity index (χ1) is 10.1. The lowest BCUT2D eigenvalue weighted by Gasteiger charge is -2.09. The maximum absolute atomic E-state index is 11.3. The molecule has 0 radical (unpaired) electrons. The zero-order valence-corrected chi connectivity index (χ0v) is 14.0. The maximum Gasteiger partial charge on any atom is 0.224 e. The van der Waals surface area contributed by atoms with E-state index in [0.717, 1.165) is 21.3 Å². The molecule has 2 N–H and O–H groups in total. The first kappa shape index (κ1) is 15.9.